The van der Waals surface area contributed by atoms with Crippen molar-refractivity contribution in [2.45, 2.75) is 6.92 Å². The zero-order valence-electron chi connectivity index (χ0n) is 9.28. The molecule has 0 atom stereocenters. The summed E-state index contributed by atoms with van der Waals surface area (Å²) >= 11 is 0. The van der Waals surface area contributed by atoms with Crippen LogP contribution in [-0.2, 0) is 0 Å². The van der Waals surface area contributed by atoms with Gasteiger partial charge in [-0.1, -0.05) is 0 Å². The number of nitrogens with zero attached hydrogens (tertiary/aromatic N) is 4. The number of rotatable bonds is 4. The summed E-state index contributed by atoms with van der Waals surface area (Å²) in [5.74, 6) is 0.599. The summed E-state index contributed by atoms with van der Waals surface area (Å²) in [6, 6.07) is 3.70. The third kappa shape index (κ3) is 3.18. The largest absolute Gasteiger partial charge is 0.343 e. The van der Waals surface area contributed by atoms with Crippen molar-refractivity contribution in [3.63, 3.8) is 0 Å². The van der Waals surface area contributed by atoms with Gasteiger partial charge in [0, 0.05) is 25.8 Å². The zero-order valence-corrected chi connectivity index (χ0v) is 9.28. The molecule has 5 nitrogen and oxygen atoms in total. The van der Waals surface area contributed by atoms with Crippen molar-refractivity contribution in [1.82, 2.24) is 15.3 Å². The highest BCUT2D eigenvalue weighted by atomic mass is 15.2. The highest BCUT2D eigenvalue weighted by Crippen LogP contribution is 2.07. The molecular formula is C10H15N5. The predicted molar refractivity (Wildman–Crippen MR) is 58.7 cm³/mol. The quantitative estimate of drug-likeness (QED) is 0.766. The number of anilines is 1. The van der Waals surface area contributed by atoms with Crippen LogP contribution >= 0.6 is 0 Å². The monoisotopic (exact) mass is 205 g/mol. The van der Waals surface area contributed by atoms with Gasteiger partial charge < -0.3 is 10.2 Å². The molecule has 5 heteroatoms. The average Bonchev–Trinajstić information content (AvgIpc) is 2.24. The van der Waals surface area contributed by atoms with Gasteiger partial charge in [0.1, 0.15) is 11.8 Å². The van der Waals surface area contributed by atoms with Gasteiger partial charge >= 0.3 is 0 Å². The van der Waals surface area contributed by atoms with Gasteiger partial charge in [0.2, 0.25) is 5.95 Å². The number of aromatic nitrogens is 2. The maximum absolute atomic E-state index is 8.77. The van der Waals surface area contributed by atoms with E-state index in [0.29, 0.717) is 11.6 Å². The molecule has 1 aromatic rings. The third-order valence-electron chi connectivity index (χ3n) is 2.00. The standard InChI is InChI=1S/C10H15N5/c1-8-6-9(7-11)14-10(13-8)15(3)5-4-12-2/h6,12H,4-5H2,1-3H3. The molecule has 0 bridgehead atoms. The molecule has 0 aromatic carbocycles. The molecule has 0 aliphatic heterocycles. The Bertz CT molecular complexity index is 369. The molecule has 15 heavy (non-hydrogen) atoms. The third-order valence-corrected chi connectivity index (χ3v) is 2.00. The Kier molecular flexibility index (Phi) is 4.01. The van der Waals surface area contributed by atoms with Gasteiger partial charge in [0.15, 0.2) is 0 Å². The van der Waals surface area contributed by atoms with E-state index >= 15 is 0 Å². The van der Waals surface area contributed by atoms with Crippen LogP contribution < -0.4 is 10.2 Å². The number of nitriles is 1. The summed E-state index contributed by atoms with van der Waals surface area (Å²) in [7, 11) is 3.80. The molecule has 0 spiro atoms. The van der Waals surface area contributed by atoms with E-state index in [-0.39, 0.29) is 0 Å². The number of likely N-dealkylation sites (N-methyl/N-ethyl adjacent to an activating group) is 2. The molecule has 1 rings (SSSR count). The van der Waals surface area contributed by atoms with Crippen molar-refractivity contribution in [2.75, 3.05) is 32.1 Å². The Morgan fingerprint density at radius 2 is 2.27 bits per heavy atom. The molecule has 1 heterocycles. The molecule has 0 radical (unpaired) electrons. The van der Waals surface area contributed by atoms with Gasteiger partial charge in [-0.05, 0) is 20.0 Å². The van der Waals surface area contributed by atoms with Gasteiger partial charge in [-0.15, -0.1) is 0 Å². The van der Waals surface area contributed by atoms with Crippen LogP contribution in [0.2, 0.25) is 0 Å². The van der Waals surface area contributed by atoms with Crippen LogP contribution in [0.3, 0.4) is 0 Å². The van der Waals surface area contributed by atoms with Crippen LogP contribution in [0.25, 0.3) is 0 Å². The van der Waals surface area contributed by atoms with E-state index in [0.717, 1.165) is 18.8 Å². The first-order chi connectivity index (χ1) is 7.17. The molecule has 0 amide bonds. The van der Waals surface area contributed by atoms with E-state index in [2.05, 4.69) is 15.3 Å². The van der Waals surface area contributed by atoms with E-state index in [1.165, 1.54) is 0 Å². The van der Waals surface area contributed by atoms with Crippen LogP contribution in [0.15, 0.2) is 6.07 Å². The van der Waals surface area contributed by atoms with Crippen LogP contribution in [-0.4, -0.2) is 37.2 Å². The molecule has 0 fully saturated rings. The van der Waals surface area contributed by atoms with Crippen molar-refractivity contribution in [2.24, 2.45) is 0 Å². The van der Waals surface area contributed by atoms with Crippen molar-refractivity contribution in [3.05, 3.63) is 17.5 Å². The normalized spacial score (nSPS) is 9.73. The number of aryl methyl sites for hydroxylation is 1. The molecule has 1 N–H and O–H groups in total. The Hall–Kier alpha value is -1.67. The summed E-state index contributed by atoms with van der Waals surface area (Å²) in [5, 5.41) is 11.8. The molecule has 1 aromatic heterocycles. The molecule has 0 unspecified atom stereocenters. The Morgan fingerprint density at radius 3 is 2.87 bits per heavy atom. The fourth-order valence-corrected chi connectivity index (χ4v) is 1.16. The summed E-state index contributed by atoms with van der Waals surface area (Å²) < 4.78 is 0. The second-order valence-corrected chi connectivity index (χ2v) is 3.33. The van der Waals surface area contributed by atoms with E-state index in [4.69, 9.17) is 5.26 Å². The molecule has 0 saturated carbocycles. The first kappa shape index (κ1) is 11.4. The first-order valence-electron chi connectivity index (χ1n) is 4.79. The van der Waals surface area contributed by atoms with Crippen LogP contribution in [0, 0.1) is 18.3 Å². The van der Waals surface area contributed by atoms with Gasteiger partial charge in [-0.2, -0.15) is 5.26 Å². The average molecular weight is 205 g/mol. The lowest BCUT2D eigenvalue weighted by atomic mass is 10.3. The van der Waals surface area contributed by atoms with E-state index in [9.17, 15) is 0 Å². The molecule has 0 aliphatic carbocycles. The summed E-state index contributed by atoms with van der Waals surface area (Å²) in [6.45, 7) is 3.53. The van der Waals surface area contributed by atoms with Crippen LogP contribution in [0.1, 0.15) is 11.4 Å². The highest BCUT2D eigenvalue weighted by Gasteiger charge is 2.06. The molecule has 80 valence electrons. The van der Waals surface area contributed by atoms with Gasteiger partial charge in [-0.3, -0.25) is 0 Å². The van der Waals surface area contributed by atoms with Gasteiger partial charge in [0.25, 0.3) is 0 Å². The first-order valence-corrected chi connectivity index (χ1v) is 4.79. The highest BCUT2D eigenvalue weighted by molar-refractivity contribution is 5.34. The zero-order chi connectivity index (χ0) is 11.3. The molecular weight excluding hydrogens is 190 g/mol. The minimum Gasteiger partial charge on any atom is -0.343 e. The maximum Gasteiger partial charge on any atom is 0.226 e. The van der Waals surface area contributed by atoms with Gasteiger partial charge in [0.05, 0.1) is 0 Å². The van der Waals surface area contributed by atoms with E-state index in [1.54, 1.807) is 6.07 Å². The Morgan fingerprint density at radius 1 is 1.53 bits per heavy atom. The second kappa shape index (κ2) is 5.27. The van der Waals surface area contributed by atoms with E-state index < -0.39 is 0 Å². The van der Waals surface area contributed by atoms with Gasteiger partial charge in [-0.25, -0.2) is 9.97 Å². The molecule has 0 saturated heterocycles. The summed E-state index contributed by atoms with van der Waals surface area (Å²) in [6.07, 6.45) is 0. The minimum atomic E-state index is 0.411. The number of hydrogen-bond acceptors (Lipinski definition) is 5. The van der Waals surface area contributed by atoms with Crippen molar-refractivity contribution in [3.8, 4) is 6.07 Å². The summed E-state index contributed by atoms with van der Waals surface area (Å²) in [4.78, 5) is 10.3. The number of hydrogen-bond donors (Lipinski definition) is 1. The lowest BCUT2D eigenvalue weighted by molar-refractivity contribution is 0.750. The van der Waals surface area contributed by atoms with Crippen LogP contribution in [0.5, 0.6) is 0 Å². The van der Waals surface area contributed by atoms with Crippen molar-refractivity contribution >= 4 is 5.95 Å². The topological polar surface area (TPSA) is 64.8 Å². The van der Waals surface area contributed by atoms with Crippen molar-refractivity contribution < 1.29 is 0 Å². The fraction of sp³-hybridized carbons (Fsp3) is 0.500. The Balaban J connectivity index is 2.84. The second-order valence-electron chi connectivity index (χ2n) is 3.33. The maximum atomic E-state index is 8.77. The van der Waals surface area contributed by atoms with Crippen LogP contribution in [0.4, 0.5) is 5.95 Å². The lowest BCUT2D eigenvalue weighted by Crippen LogP contribution is -2.28. The SMILES string of the molecule is CNCCN(C)c1nc(C)cc(C#N)n1. The Labute approximate surface area is 89.8 Å². The fourth-order valence-electron chi connectivity index (χ4n) is 1.16. The lowest BCUT2D eigenvalue weighted by Gasteiger charge is -2.16. The number of nitrogens with one attached hydrogen (secondary N) is 1. The van der Waals surface area contributed by atoms with E-state index in [1.807, 2.05) is 32.0 Å². The summed E-state index contributed by atoms with van der Waals surface area (Å²) in [5.41, 5.74) is 1.22. The van der Waals surface area contributed by atoms with Crippen molar-refractivity contribution in [1.29, 1.82) is 5.26 Å². The smallest absolute Gasteiger partial charge is 0.226 e. The minimum absolute atomic E-state index is 0.411. The molecule has 0 aliphatic rings. The predicted octanol–water partition coefficient (Wildman–Crippen LogP) is 0.312.